The molecule has 0 fully saturated rings. The number of rotatable bonds is 4. The van der Waals surface area contributed by atoms with Crippen LogP contribution in [0.1, 0.15) is 39.7 Å². The summed E-state index contributed by atoms with van der Waals surface area (Å²) in [6.07, 6.45) is -5.56. The summed E-state index contributed by atoms with van der Waals surface area (Å²) in [6, 6.07) is 4.17. The minimum Gasteiger partial charge on any atom is -0.443 e. The van der Waals surface area contributed by atoms with E-state index in [2.05, 4.69) is 0 Å². The molecule has 0 bridgehead atoms. The number of hydrogen-bond donors (Lipinski definition) is 1. The summed E-state index contributed by atoms with van der Waals surface area (Å²) in [6.45, 7) is 6.74. The largest absolute Gasteiger partial charge is 0.443 e. The van der Waals surface area contributed by atoms with Crippen LogP contribution in [0.4, 0.5) is 23.7 Å². The van der Waals surface area contributed by atoms with E-state index < -0.39 is 29.5 Å². The summed E-state index contributed by atoms with van der Waals surface area (Å²) >= 11 is 0. The second-order valence-corrected chi connectivity index (χ2v) is 6.20. The molecule has 4 nitrogen and oxygen atoms in total. The van der Waals surface area contributed by atoms with E-state index in [1.807, 2.05) is 0 Å². The van der Waals surface area contributed by atoms with Crippen molar-refractivity contribution < 1.29 is 27.8 Å². The van der Waals surface area contributed by atoms with Gasteiger partial charge in [-0.3, -0.25) is 4.90 Å². The molecule has 7 heteroatoms. The Balaban J connectivity index is 3.06. The van der Waals surface area contributed by atoms with Gasteiger partial charge in [-0.25, -0.2) is 4.79 Å². The number of halogens is 3. The van der Waals surface area contributed by atoms with E-state index in [1.54, 1.807) is 27.7 Å². The zero-order valence-electron chi connectivity index (χ0n) is 13.6. The number of anilines is 1. The summed E-state index contributed by atoms with van der Waals surface area (Å²) < 4.78 is 43.1. The zero-order chi connectivity index (χ0) is 17.8. The van der Waals surface area contributed by atoms with E-state index in [-0.39, 0.29) is 12.2 Å². The topological polar surface area (TPSA) is 49.8 Å². The number of ether oxygens (including phenoxy) is 1. The van der Waals surface area contributed by atoms with Crippen LogP contribution in [0.2, 0.25) is 0 Å². The highest BCUT2D eigenvalue weighted by Crippen LogP contribution is 2.31. The predicted octanol–water partition coefficient (Wildman–Crippen LogP) is 4.22. The number of aliphatic hydroxyl groups is 1. The van der Waals surface area contributed by atoms with Crippen LogP contribution in [-0.4, -0.2) is 29.4 Å². The fourth-order valence-electron chi connectivity index (χ4n) is 1.77. The Morgan fingerprint density at radius 2 is 1.74 bits per heavy atom. The van der Waals surface area contributed by atoms with Crippen LogP contribution in [0, 0.1) is 0 Å². The molecule has 1 unspecified atom stereocenters. The number of carbonyl (C=O) groups excluding carboxylic acids is 1. The Kier molecular flexibility index (Phi) is 6.04. The molecule has 0 saturated heterocycles. The van der Waals surface area contributed by atoms with Crippen molar-refractivity contribution in [3.8, 4) is 0 Å². The first kappa shape index (κ1) is 19.3. The van der Waals surface area contributed by atoms with E-state index in [1.165, 1.54) is 12.1 Å². The van der Waals surface area contributed by atoms with Crippen molar-refractivity contribution in [1.29, 1.82) is 0 Å². The predicted molar refractivity (Wildman–Crippen MR) is 81.3 cm³/mol. The summed E-state index contributed by atoms with van der Waals surface area (Å²) in [7, 11) is 0. The van der Waals surface area contributed by atoms with Crippen LogP contribution in [0.25, 0.3) is 0 Å². The maximum absolute atomic E-state index is 12.6. The van der Waals surface area contributed by atoms with Gasteiger partial charge in [0, 0.05) is 5.69 Å². The van der Waals surface area contributed by atoms with Gasteiger partial charge in [-0.15, -0.1) is 0 Å². The Hall–Kier alpha value is -1.76. The molecule has 0 heterocycles. The fourth-order valence-corrected chi connectivity index (χ4v) is 1.77. The number of hydrogen-bond acceptors (Lipinski definition) is 3. The van der Waals surface area contributed by atoms with E-state index in [4.69, 9.17) is 4.74 Å². The quantitative estimate of drug-likeness (QED) is 0.897. The van der Waals surface area contributed by atoms with Gasteiger partial charge in [-0.05, 0) is 51.5 Å². The summed E-state index contributed by atoms with van der Waals surface area (Å²) in [5, 5.41) is 9.79. The molecule has 1 amide bonds. The summed E-state index contributed by atoms with van der Waals surface area (Å²) in [5.74, 6) is 0. The molecule has 0 aromatic heterocycles. The van der Waals surface area contributed by atoms with E-state index in [0.29, 0.717) is 6.42 Å². The Labute approximate surface area is 133 Å². The monoisotopic (exact) mass is 333 g/mol. The molecule has 1 aromatic carbocycles. The lowest BCUT2D eigenvalue weighted by Crippen LogP contribution is -2.41. The number of alkyl halides is 3. The first-order valence-electron chi connectivity index (χ1n) is 7.30. The van der Waals surface area contributed by atoms with Crippen molar-refractivity contribution >= 4 is 11.8 Å². The minimum atomic E-state index is -4.45. The van der Waals surface area contributed by atoms with Gasteiger partial charge in [-0.2, -0.15) is 13.2 Å². The molecular weight excluding hydrogens is 311 g/mol. The number of nitrogens with zero attached hydrogens (tertiary/aromatic N) is 1. The van der Waals surface area contributed by atoms with Crippen molar-refractivity contribution in [2.24, 2.45) is 0 Å². The molecule has 0 saturated carbocycles. The molecule has 0 aliphatic carbocycles. The average molecular weight is 333 g/mol. The maximum atomic E-state index is 12.6. The first-order valence-corrected chi connectivity index (χ1v) is 7.30. The first-order chi connectivity index (χ1) is 10.4. The lowest BCUT2D eigenvalue weighted by Gasteiger charge is -2.29. The van der Waals surface area contributed by atoms with Gasteiger partial charge in [0.2, 0.25) is 0 Å². The molecule has 0 spiro atoms. The zero-order valence-corrected chi connectivity index (χ0v) is 13.6. The second kappa shape index (κ2) is 7.21. The second-order valence-electron chi connectivity index (χ2n) is 6.20. The van der Waals surface area contributed by atoms with Crippen molar-refractivity contribution in [3.05, 3.63) is 29.8 Å². The van der Waals surface area contributed by atoms with Gasteiger partial charge in [0.05, 0.1) is 18.2 Å². The Morgan fingerprint density at radius 3 is 2.13 bits per heavy atom. The van der Waals surface area contributed by atoms with Crippen molar-refractivity contribution in [2.45, 2.75) is 52.0 Å². The molecular formula is C16H22F3NO3. The average Bonchev–Trinajstić information content (AvgIpc) is 2.41. The number of carbonyl (C=O) groups is 1. The van der Waals surface area contributed by atoms with Gasteiger partial charge in [0.15, 0.2) is 0 Å². The Bertz CT molecular complexity index is 521. The molecule has 0 radical (unpaired) electrons. The number of benzene rings is 1. The van der Waals surface area contributed by atoms with Crippen molar-refractivity contribution in [1.82, 2.24) is 0 Å². The minimum absolute atomic E-state index is 0.0588. The van der Waals surface area contributed by atoms with Crippen LogP contribution >= 0.6 is 0 Å². The van der Waals surface area contributed by atoms with E-state index >= 15 is 0 Å². The third-order valence-corrected chi connectivity index (χ3v) is 2.98. The molecule has 1 aromatic rings. The number of aliphatic hydroxyl groups excluding tert-OH is 1. The van der Waals surface area contributed by atoms with Crippen LogP contribution < -0.4 is 4.90 Å². The number of amides is 1. The molecule has 1 rings (SSSR count). The highest BCUT2D eigenvalue weighted by atomic mass is 19.4. The molecule has 130 valence electrons. The van der Waals surface area contributed by atoms with Gasteiger partial charge in [0.25, 0.3) is 0 Å². The molecule has 1 N–H and O–H groups in total. The van der Waals surface area contributed by atoms with E-state index in [0.717, 1.165) is 17.0 Å². The third kappa shape index (κ3) is 6.09. The standard InChI is InChI=1S/C16H22F3NO3/c1-5-13(21)10-20(14(22)23-15(2,3)4)12-8-6-11(7-9-12)16(17,18)19/h6-9,13,21H,5,10H2,1-4H3. The molecule has 23 heavy (non-hydrogen) atoms. The van der Waals surface area contributed by atoms with Crippen molar-refractivity contribution in [3.63, 3.8) is 0 Å². The lowest BCUT2D eigenvalue weighted by molar-refractivity contribution is -0.137. The molecule has 1 atom stereocenters. The van der Waals surface area contributed by atoms with Crippen LogP contribution in [0.3, 0.4) is 0 Å². The fraction of sp³-hybridized carbons (Fsp3) is 0.562. The maximum Gasteiger partial charge on any atom is 0.416 e. The van der Waals surface area contributed by atoms with E-state index in [9.17, 15) is 23.1 Å². The highest BCUT2D eigenvalue weighted by molar-refractivity contribution is 5.88. The summed E-state index contributed by atoms with van der Waals surface area (Å²) in [4.78, 5) is 13.4. The third-order valence-electron chi connectivity index (χ3n) is 2.98. The summed E-state index contributed by atoms with van der Waals surface area (Å²) in [5.41, 5.74) is -1.32. The van der Waals surface area contributed by atoms with Crippen LogP contribution in [0.5, 0.6) is 0 Å². The smallest absolute Gasteiger partial charge is 0.416 e. The van der Waals surface area contributed by atoms with Crippen molar-refractivity contribution in [2.75, 3.05) is 11.4 Å². The highest BCUT2D eigenvalue weighted by Gasteiger charge is 2.31. The SMILES string of the molecule is CCC(O)CN(C(=O)OC(C)(C)C)c1ccc(C(F)(F)F)cc1. The lowest BCUT2D eigenvalue weighted by atomic mass is 10.1. The van der Waals surface area contributed by atoms with Crippen LogP contribution in [0.15, 0.2) is 24.3 Å². The van der Waals surface area contributed by atoms with Gasteiger partial charge in [-0.1, -0.05) is 6.92 Å². The van der Waals surface area contributed by atoms with Gasteiger partial charge in [0.1, 0.15) is 5.60 Å². The Morgan fingerprint density at radius 1 is 1.22 bits per heavy atom. The van der Waals surface area contributed by atoms with Crippen LogP contribution in [-0.2, 0) is 10.9 Å². The molecule has 0 aliphatic heterocycles. The molecule has 0 aliphatic rings. The van der Waals surface area contributed by atoms with Gasteiger partial charge >= 0.3 is 12.3 Å². The normalized spacial score (nSPS) is 13.6. The van der Waals surface area contributed by atoms with Gasteiger partial charge < -0.3 is 9.84 Å².